The predicted molar refractivity (Wildman–Crippen MR) is 114 cm³/mol. The highest BCUT2D eigenvalue weighted by atomic mass is 32.2. The minimum atomic E-state index is 0.762. The molecule has 0 aromatic heterocycles. The highest BCUT2D eigenvalue weighted by molar-refractivity contribution is 8.13. The van der Waals surface area contributed by atoms with Gasteiger partial charge in [-0.2, -0.15) is 0 Å². The number of nitrogens with zero attached hydrogens (tertiary/aromatic N) is 1. The molecule has 0 saturated carbocycles. The Balaban J connectivity index is 3.04. The van der Waals surface area contributed by atoms with Crippen molar-refractivity contribution in [3.8, 4) is 0 Å². The molecule has 24 heavy (non-hydrogen) atoms. The maximum Gasteiger partial charge on any atom is 0.153 e. The molecule has 144 valence electrons. The number of nitrogens with two attached hydrogens (primary N) is 1. The van der Waals surface area contributed by atoms with Gasteiger partial charge in [-0.05, 0) is 13.3 Å². The average molecular weight is 357 g/mol. The fourth-order valence-corrected chi connectivity index (χ4v) is 3.81. The van der Waals surface area contributed by atoms with Crippen LogP contribution >= 0.6 is 11.8 Å². The van der Waals surface area contributed by atoms with Crippen molar-refractivity contribution in [2.45, 2.75) is 117 Å². The van der Waals surface area contributed by atoms with Crippen molar-refractivity contribution in [2.24, 2.45) is 10.7 Å². The standard InChI is InChI=1S/C21H44N2S/c1-3-5-6-7-8-9-10-11-12-13-14-15-16-17-18-19-20-24-21(22)23-4-2/h3-20H2,1-2H3,(H2,22,23). The summed E-state index contributed by atoms with van der Waals surface area (Å²) in [6, 6.07) is 0. The third kappa shape index (κ3) is 19.9. The van der Waals surface area contributed by atoms with E-state index < -0.39 is 0 Å². The van der Waals surface area contributed by atoms with Gasteiger partial charge >= 0.3 is 0 Å². The summed E-state index contributed by atoms with van der Waals surface area (Å²) in [4.78, 5) is 4.19. The Morgan fingerprint density at radius 1 is 0.625 bits per heavy atom. The van der Waals surface area contributed by atoms with Crippen LogP contribution in [0.25, 0.3) is 0 Å². The SMILES string of the molecule is CCCCCCCCCCCCCCCCCCSC(N)=NCC. The fourth-order valence-electron chi connectivity index (χ4n) is 3.03. The molecule has 0 unspecified atom stereocenters. The summed E-state index contributed by atoms with van der Waals surface area (Å²) in [5.74, 6) is 1.13. The molecule has 0 aliphatic heterocycles. The van der Waals surface area contributed by atoms with Gasteiger partial charge in [0, 0.05) is 12.3 Å². The summed E-state index contributed by atoms with van der Waals surface area (Å²) in [6.45, 7) is 5.12. The maximum absolute atomic E-state index is 5.76. The van der Waals surface area contributed by atoms with Crippen molar-refractivity contribution in [1.29, 1.82) is 0 Å². The molecule has 2 nitrogen and oxygen atoms in total. The number of unbranched alkanes of at least 4 members (excludes halogenated alkanes) is 15. The zero-order valence-corrected chi connectivity index (χ0v) is 17.5. The molecular weight excluding hydrogens is 312 g/mol. The molecule has 3 heteroatoms. The number of hydrogen-bond acceptors (Lipinski definition) is 2. The van der Waals surface area contributed by atoms with E-state index in [0.29, 0.717) is 0 Å². The normalized spacial score (nSPS) is 12.0. The van der Waals surface area contributed by atoms with E-state index >= 15 is 0 Å². The fraction of sp³-hybridized carbons (Fsp3) is 0.952. The van der Waals surface area contributed by atoms with Gasteiger partial charge in [-0.25, -0.2) is 0 Å². The van der Waals surface area contributed by atoms with Gasteiger partial charge in [0.1, 0.15) is 0 Å². The van der Waals surface area contributed by atoms with Gasteiger partial charge in [0.15, 0.2) is 5.17 Å². The van der Waals surface area contributed by atoms with Gasteiger partial charge < -0.3 is 5.73 Å². The molecule has 0 aliphatic rings. The molecule has 0 radical (unpaired) electrons. The lowest BCUT2D eigenvalue weighted by Crippen LogP contribution is -2.07. The maximum atomic E-state index is 5.76. The smallest absolute Gasteiger partial charge is 0.153 e. The van der Waals surface area contributed by atoms with Crippen molar-refractivity contribution < 1.29 is 0 Å². The second-order valence-electron chi connectivity index (χ2n) is 6.96. The number of hydrogen-bond donors (Lipinski definition) is 1. The molecule has 0 heterocycles. The number of amidine groups is 1. The van der Waals surface area contributed by atoms with Crippen molar-refractivity contribution in [1.82, 2.24) is 0 Å². The molecule has 0 aromatic rings. The molecule has 0 saturated heterocycles. The lowest BCUT2D eigenvalue weighted by atomic mass is 10.0. The Kier molecular flexibility index (Phi) is 20.7. The zero-order chi connectivity index (χ0) is 17.7. The highest BCUT2D eigenvalue weighted by Gasteiger charge is 1.96. The Morgan fingerprint density at radius 2 is 1.00 bits per heavy atom. The second-order valence-corrected chi connectivity index (χ2v) is 8.08. The van der Waals surface area contributed by atoms with Crippen LogP contribution in [0.3, 0.4) is 0 Å². The van der Waals surface area contributed by atoms with Crippen molar-refractivity contribution in [3.05, 3.63) is 0 Å². The zero-order valence-electron chi connectivity index (χ0n) is 16.7. The van der Waals surface area contributed by atoms with E-state index in [-0.39, 0.29) is 0 Å². The Hall–Kier alpha value is -0.180. The van der Waals surface area contributed by atoms with Crippen LogP contribution < -0.4 is 5.73 Å². The molecule has 0 bridgehead atoms. The van der Waals surface area contributed by atoms with E-state index in [2.05, 4.69) is 11.9 Å². The van der Waals surface area contributed by atoms with Crippen LogP contribution in [-0.4, -0.2) is 17.5 Å². The van der Waals surface area contributed by atoms with E-state index in [4.69, 9.17) is 5.73 Å². The molecule has 0 rings (SSSR count). The molecule has 0 amide bonds. The van der Waals surface area contributed by atoms with Crippen molar-refractivity contribution in [2.75, 3.05) is 12.3 Å². The molecule has 0 fully saturated rings. The first kappa shape index (κ1) is 23.8. The number of thioether (sulfide) groups is 1. The third-order valence-electron chi connectivity index (χ3n) is 4.56. The van der Waals surface area contributed by atoms with E-state index in [1.54, 1.807) is 11.8 Å². The minimum Gasteiger partial charge on any atom is -0.379 e. The molecule has 0 aromatic carbocycles. The molecule has 0 spiro atoms. The lowest BCUT2D eigenvalue weighted by molar-refractivity contribution is 0.532. The first-order valence-corrected chi connectivity index (χ1v) is 11.7. The summed E-state index contributed by atoms with van der Waals surface area (Å²) < 4.78 is 0. The van der Waals surface area contributed by atoms with Gasteiger partial charge in [-0.3, -0.25) is 4.99 Å². The molecule has 0 aliphatic carbocycles. The van der Waals surface area contributed by atoms with Gasteiger partial charge in [0.2, 0.25) is 0 Å². The predicted octanol–water partition coefficient (Wildman–Crippen LogP) is 7.32. The van der Waals surface area contributed by atoms with Crippen LogP contribution in [-0.2, 0) is 0 Å². The van der Waals surface area contributed by atoms with Crippen molar-refractivity contribution >= 4 is 16.9 Å². The number of rotatable bonds is 18. The summed E-state index contributed by atoms with van der Waals surface area (Å²) in [6.07, 6.45) is 22.8. The van der Waals surface area contributed by atoms with Crippen LogP contribution in [0.15, 0.2) is 4.99 Å². The second kappa shape index (κ2) is 20.9. The van der Waals surface area contributed by atoms with Crippen LogP contribution in [0.2, 0.25) is 0 Å². The summed E-state index contributed by atoms with van der Waals surface area (Å²) in [5, 5.41) is 0.762. The van der Waals surface area contributed by atoms with Crippen molar-refractivity contribution in [3.63, 3.8) is 0 Å². The van der Waals surface area contributed by atoms with Gasteiger partial charge in [-0.1, -0.05) is 115 Å². The summed E-state index contributed by atoms with van der Waals surface area (Å²) in [5.41, 5.74) is 5.76. The third-order valence-corrected chi connectivity index (χ3v) is 5.48. The van der Waals surface area contributed by atoms with Gasteiger partial charge in [-0.15, -0.1) is 0 Å². The molecule has 0 atom stereocenters. The average Bonchev–Trinajstić information content (AvgIpc) is 2.58. The lowest BCUT2D eigenvalue weighted by Gasteiger charge is -2.04. The van der Waals surface area contributed by atoms with Crippen LogP contribution in [0.4, 0.5) is 0 Å². The summed E-state index contributed by atoms with van der Waals surface area (Å²) in [7, 11) is 0. The first-order chi connectivity index (χ1) is 11.8. The Labute approximate surface area is 156 Å². The largest absolute Gasteiger partial charge is 0.379 e. The minimum absolute atomic E-state index is 0.762. The Morgan fingerprint density at radius 3 is 1.38 bits per heavy atom. The quantitative estimate of drug-likeness (QED) is 0.159. The van der Waals surface area contributed by atoms with Gasteiger partial charge in [0.25, 0.3) is 0 Å². The van der Waals surface area contributed by atoms with Crippen LogP contribution in [0.5, 0.6) is 0 Å². The highest BCUT2D eigenvalue weighted by Crippen LogP contribution is 2.14. The topological polar surface area (TPSA) is 38.4 Å². The van der Waals surface area contributed by atoms with E-state index in [1.165, 1.54) is 103 Å². The van der Waals surface area contributed by atoms with Crippen LogP contribution in [0.1, 0.15) is 117 Å². The summed E-state index contributed by atoms with van der Waals surface area (Å²) >= 11 is 1.72. The van der Waals surface area contributed by atoms with Gasteiger partial charge in [0.05, 0.1) is 0 Å². The monoisotopic (exact) mass is 356 g/mol. The Bertz CT molecular complexity index is 267. The molecular formula is C21H44N2S. The van der Waals surface area contributed by atoms with E-state index in [9.17, 15) is 0 Å². The van der Waals surface area contributed by atoms with E-state index in [0.717, 1.165) is 17.5 Å². The first-order valence-electron chi connectivity index (χ1n) is 10.7. The number of aliphatic imine (C=N–C) groups is 1. The molecule has 2 N–H and O–H groups in total. The van der Waals surface area contributed by atoms with E-state index in [1.807, 2.05) is 6.92 Å². The van der Waals surface area contributed by atoms with Crippen LogP contribution in [0, 0.1) is 0 Å².